The molecule has 0 fully saturated rings. The summed E-state index contributed by atoms with van der Waals surface area (Å²) in [7, 11) is 1.87. The third kappa shape index (κ3) is 7.15. The highest BCUT2D eigenvalue weighted by Crippen LogP contribution is 2.12. The lowest BCUT2D eigenvalue weighted by molar-refractivity contribution is 0.0194. The number of rotatable bonds is 7. The van der Waals surface area contributed by atoms with Crippen LogP contribution in [-0.2, 0) is 0 Å². The Bertz CT molecular complexity index is 387. The van der Waals surface area contributed by atoms with Crippen molar-refractivity contribution in [3.05, 3.63) is 29.8 Å². The largest absolute Gasteiger partial charge is 0.491 e. The van der Waals surface area contributed by atoms with E-state index in [1.807, 2.05) is 43.1 Å². The zero-order valence-electron chi connectivity index (χ0n) is 12.3. The molecular formula is C15H25NO3. The Hall–Kier alpha value is -1.10. The Balaban J connectivity index is 2.33. The first-order valence-corrected chi connectivity index (χ1v) is 6.55. The predicted octanol–water partition coefficient (Wildman–Crippen LogP) is 1.44. The first-order chi connectivity index (χ1) is 8.76. The van der Waals surface area contributed by atoms with Crippen molar-refractivity contribution >= 4 is 0 Å². The molecule has 0 aliphatic carbocycles. The van der Waals surface area contributed by atoms with Gasteiger partial charge in [-0.2, -0.15) is 0 Å². The van der Waals surface area contributed by atoms with Crippen LogP contribution < -0.4 is 4.74 Å². The third-order valence-corrected chi connectivity index (χ3v) is 2.61. The third-order valence-electron chi connectivity index (χ3n) is 2.61. The summed E-state index contributed by atoms with van der Waals surface area (Å²) in [6.07, 6.45) is -0.576. The Morgan fingerprint density at radius 3 is 2.63 bits per heavy atom. The molecule has 0 aromatic heterocycles. The number of aliphatic hydroxyl groups is 2. The first-order valence-electron chi connectivity index (χ1n) is 6.55. The Morgan fingerprint density at radius 2 is 2.05 bits per heavy atom. The zero-order valence-corrected chi connectivity index (χ0v) is 12.3. The number of likely N-dealkylation sites (N-methyl/N-ethyl adjacent to an activating group) is 1. The minimum Gasteiger partial charge on any atom is -0.491 e. The molecule has 0 aliphatic heterocycles. The van der Waals surface area contributed by atoms with Gasteiger partial charge in [-0.1, -0.05) is 12.1 Å². The van der Waals surface area contributed by atoms with Crippen LogP contribution in [0, 0.1) is 6.92 Å². The molecule has 1 aromatic rings. The van der Waals surface area contributed by atoms with Crippen molar-refractivity contribution in [3.63, 3.8) is 0 Å². The molecule has 0 saturated heterocycles. The van der Waals surface area contributed by atoms with Crippen LogP contribution in [0.4, 0.5) is 0 Å². The second kappa shape index (κ2) is 6.89. The second-order valence-corrected chi connectivity index (χ2v) is 5.79. The van der Waals surface area contributed by atoms with Crippen molar-refractivity contribution in [1.29, 1.82) is 0 Å². The molecule has 1 aromatic carbocycles. The maximum atomic E-state index is 9.90. The van der Waals surface area contributed by atoms with E-state index in [2.05, 4.69) is 0 Å². The van der Waals surface area contributed by atoms with Crippen LogP contribution in [0.15, 0.2) is 24.3 Å². The van der Waals surface area contributed by atoms with Crippen molar-refractivity contribution in [2.75, 3.05) is 26.7 Å². The second-order valence-electron chi connectivity index (χ2n) is 5.79. The number of aliphatic hydroxyl groups excluding tert-OH is 1. The summed E-state index contributed by atoms with van der Waals surface area (Å²) >= 11 is 0. The topological polar surface area (TPSA) is 52.9 Å². The lowest BCUT2D eigenvalue weighted by atomic mass is 10.1. The van der Waals surface area contributed by atoms with Gasteiger partial charge >= 0.3 is 0 Å². The molecule has 0 aliphatic rings. The van der Waals surface area contributed by atoms with Crippen LogP contribution in [0.3, 0.4) is 0 Å². The van der Waals surface area contributed by atoms with E-state index in [0.29, 0.717) is 13.1 Å². The first kappa shape index (κ1) is 16.0. The average Bonchev–Trinajstić information content (AvgIpc) is 2.23. The van der Waals surface area contributed by atoms with Gasteiger partial charge in [0.1, 0.15) is 18.5 Å². The van der Waals surface area contributed by atoms with Crippen LogP contribution in [0.2, 0.25) is 0 Å². The maximum Gasteiger partial charge on any atom is 0.119 e. The van der Waals surface area contributed by atoms with Gasteiger partial charge in [0.15, 0.2) is 0 Å². The molecule has 4 nitrogen and oxygen atoms in total. The summed E-state index contributed by atoms with van der Waals surface area (Å²) in [4.78, 5) is 1.89. The summed E-state index contributed by atoms with van der Waals surface area (Å²) in [5, 5.41) is 19.6. The van der Waals surface area contributed by atoms with E-state index in [1.165, 1.54) is 0 Å². The number of benzene rings is 1. The molecule has 0 amide bonds. The summed E-state index contributed by atoms with van der Waals surface area (Å²) in [5.41, 5.74) is 0.373. The van der Waals surface area contributed by atoms with Gasteiger partial charge in [0.2, 0.25) is 0 Å². The van der Waals surface area contributed by atoms with Gasteiger partial charge in [0, 0.05) is 13.1 Å². The van der Waals surface area contributed by atoms with Gasteiger partial charge in [-0.15, -0.1) is 0 Å². The van der Waals surface area contributed by atoms with Crippen LogP contribution in [0.25, 0.3) is 0 Å². The lowest BCUT2D eigenvalue weighted by Crippen LogP contribution is -2.41. The van der Waals surface area contributed by atoms with E-state index in [0.717, 1.165) is 11.3 Å². The molecule has 0 spiro atoms. The average molecular weight is 267 g/mol. The molecule has 4 heteroatoms. The fraction of sp³-hybridized carbons (Fsp3) is 0.600. The van der Waals surface area contributed by atoms with E-state index in [-0.39, 0.29) is 6.61 Å². The minimum absolute atomic E-state index is 0.250. The van der Waals surface area contributed by atoms with Gasteiger partial charge in [0.25, 0.3) is 0 Å². The molecule has 1 atom stereocenters. The van der Waals surface area contributed by atoms with Gasteiger partial charge in [0.05, 0.1) is 5.60 Å². The number of aryl methyl sites for hydroxylation is 1. The number of hydrogen-bond donors (Lipinski definition) is 2. The molecule has 108 valence electrons. The van der Waals surface area contributed by atoms with Crippen molar-refractivity contribution in [1.82, 2.24) is 4.90 Å². The molecule has 19 heavy (non-hydrogen) atoms. The Kier molecular flexibility index (Phi) is 5.79. The molecule has 0 radical (unpaired) electrons. The van der Waals surface area contributed by atoms with Gasteiger partial charge in [-0.05, 0) is 45.5 Å². The quantitative estimate of drug-likeness (QED) is 0.785. The van der Waals surface area contributed by atoms with E-state index >= 15 is 0 Å². The Morgan fingerprint density at radius 1 is 1.37 bits per heavy atom. The maximum absolute atomic E-state index is 9.90. The summed E-state index contributed by atoms with van der Waals surface area (Å²) < 4.78 is 5.54. The van der Waals surface area contributed by atoms with E-state index in [4.69, 9.17) is 4.74 Å². The fourth-order valence-electron chi connectivity index (χ4n) is 2.04. The van der Waals surface area contributed by atoms with Gasteiger partial charge < -0.3 is 19.8 Å². The molecule has 0 saturated carbocycles. The van der Waals surface area contributed by atoms with Crippen LogP contribution in [-0.4, -0.2) is 53.6 Å². The molecular weight excluding hydrogens is 242 g/mol. The lowest BCUT2D eigenvalue weighted by Gasteiger charge is -2.27. The van der Waals surface area contributed by atoms with Crippen LogP contribution >= 0.6 is 0 Å². The molecule has 1 rings (SSSR count). The predicted molar refractivity (Wildman–Crippen MR) is 76.5 cm³/mol. The number of nitrogens with zero attached hydrogens (tertiary/aromatic N) is 1. The van der Waals surface area contributed by atoms with Gasteiger partial charge in [-0.3, -0.25) is 0 Å². The normalized spacial score (nSPS) is 13.6. The van der Waals surface area contributed by atoms with Crippen molar-refractivity contribution in [3.8, 4) is 5.75 Å². The van der Waals surface area contributed by atoms with Crippen molar-refractivity contribution in [2.45, 2.75) is 32.5 Å². The SMILES string of the molecule is Cc1cccc(OCC(O)CN(C)CC(C)(C)O)c1. The summed E-state index contributed by atoms with van der Waals surface area (Å²) in [6, 6.07) is 7.74. The van der Waals surface area contributed by atoms with Crippen LogP contribution in [0.5, 0.6) is 5.75 Å². The highest BCUT2D eigenvalue weighted by molar-refractivity contribution is 5.27. The summed E-state index contributed by atoms with van der Waals surface area (Å²) in [5.74, 6) is 0.768. The standard InChI is InChI=1S/C15H25NO3/c1-12-6-5-7-14(8-12)19-10-13(17)9-16(4)11-15(2,3)18/h5-8,13,17-18H,9-11H2,1-4H3. The van der Waals surface area contributed by atoms with Crippen molar-refractivity contribution in [2.24, 2.45) is 0 Å². The highest BCUT2D eigenvalue weighted by Gasteiger charge is 2.17. The van der Waals surface area contributed by atoms with Gasteiger partial charge in [-0.25, -0.2) is 0 Å². The Labute approximate surface area is 115 Å². The number of hydrogen-bond acceptors (Lipinski definition) is 4. The molecule has 2 N–H and O–H groups in total. The fourth-order valence-corrected chi connectivity index (χ4v) is 2.04. The monoisotopic (exact) mass is 267 g/mol. The minimum atomic E-state index is -0.758. The highest BCUT2D eigenvalue weighted by atomic mass is 16.5. The number of ether oxygens (including phenoxy) is 1. The molecule has 0 bridgehead atoms. The van der Waals surface area contributed by atoms with E-state index in [9.17, 15) is 10.2 Å². The van der Waals surface area contributed by atoms with Crippen LogP contribution in [0.1, 0.15) is 19.4 Å². The molecule has 1 unspecified atom stereocenters. The molecule has 0 heterocycles. The van der Waals surface area contributed by atoms with Crippen molar-refractivity contribution < 1.29 is 14.9 Å². The zero-order chi connectivity index (χ0) is 14.5. The summed E-state index contributed by atoms with van der Waals surface area (Å²) in [6.45, 7) is 6.72. The van der Waals surface area contributed by atoms with E-state index < -0.39 is 11.7 Å². The smallest absolute Gasteiger partial charge is 0.119 e. The van der Waals surface area contributed by atoms with E-state index in [1.54, 1.807) is 13.8 Å².